The van der Waals surface area contributed by atoms with E-state index in [1.165, 1.54) is 25.7 Å². The summed E-state index contributed by atoms with van der Waals surface area (Å²) in [6, 6.07) is 1.32. The molecule has 4 N–H and O–H groups in total. The van der Waals surface area contributed by atoms with Gasteiger partial charge in [0.15, 0.2) is 6.54 Å². The van der Waals surface area contributed by atoms with Crippen molar-refractivity contribution in [2.45, 2.75) is 45.2 Å². The maximum atomic E-state index is 10.6. The molecule has 2 saturated carbocycles. The number of amides is 2. The Bertz CT molecular complexity index is 346. The highest BCUT2D eigenvalue weighted by Crippen LogP contribution is 2.29. The number of likely N-dealkylation sites (N-methyl/N-ethyl adjacent to an activating group) is 2. The monoisotopic (exact) mass is 556 g/mol. The van der Waals surface area contributed by atoms with Crippen LogP contribution in [0.15, 0.2) is 0 Å². The van der Waals surface area contributed by atoms with Gasteiger partial charge < -0.3 is 39.9 Å². The van der Waals surface area contributed by atoms with E-state index in [1.54, 1.807) is 0 Å². The van der Waals surface area contributed by atoms with Crippen LogP contribution >= 0.6 is 22.6 Å². The van der Waals surface area contributed by atoms with Crippen LogP contribution in [-0.4, -0.2) is 72.4 Å². The quantitative estimate of drug-likeness (QED) is 0.225. The zero-order valence-corrected chi connectivity index (χ0v) is 18.3. The number of carbonyl (C=O) groups excluding carboxylic acids is 2. The molecule has 23 heavy (non-hydrogen) atoms. The molecule has 140 valence electrons. The van der Waals surface area contributed by atoms with E-state index < -0.39 is 0 Å². The fourth-order valence-corrected chi connectivity index (χ4v) is 2.19. The van der Waals surface area contributed by atoms with E-state index in [0.717, 1.165) is 4.48 Å². The molecule has 2 aliphatic carbocycles. The molecule has 0 radical (unpaired) electrons. The van der Waals surface area contributed by atoms with Crippen LogP contribution in [0.5, 0.6) is 0 Å². The Labute approximate surface area is 172 Å². The lowest BCUT2D eigenvalue weighted by atomic mass is 10.4. The summed E-state index contributed by atoms with van der Waals surface area (Å²) in [5.41, 5.74) is 10.1. The van der Waals surface area contributed by atoms with Gasteiger partial charge in [0.25, 0.3) is 5.91 Å². The standard InChI is InChI=1S/C7H14N2O.C6H12N2O.CH3I.CH4.HI/c1-9(2,5-7(8)10)6-3-4-6;1-8(4-6(7)9)5-2-3-5;1-2;;/h6H,3-5H2,1-2H3,(H-,8,10);5H,2-4H2,1H3,(H2,7,9);1H3;1H4;1H. The van der Waals surface area contributed by atoms with E-state index in [-0.39, 0.29) is 43.2 Å². The number of rotatable bonds is 6. The minimum Gasteiger partial charge on any atom is -1.00 e. The van der Waals surface area contributed by atoms with Crippen molar-refractivity contribution in [2.75, 3.05) is 39.2 Å². The lowest BCUT2D eigenvalue weighted by Gasteiger charge is -2.27. The predicted molar refractivity (Wildman–Crippen MR) is 101 cm³/mol. The largest absolute Gasteiger partial charge is 1.00 e. The molecule has 0 bridgehead atoms. The van der Waals surface area contributed by atoms with Crippen LogP contribution in [0.25, 0.3) is 0 Å². The average molecular weight is 556 g/mol. The number of carbonyl (C=O) groups is 2. The van der Waals surface area contributed by atoms with Crippen molar-refractivity contribution in [1.29, 1.82) is 0 Å². The van der Waals surface area contributed by atoms with E-state index in [9.17, 15) is 9.59 Å². The lowest BCUT2D eigenvalue weighted by Crippen LogP contribution is -3.00. The average Bonchev–Trinajstić information content (AvgIpc) is 3.19. The van der Waals surface area contributed by atoms with Crippen molar-refractivity contribution < 1.29 is 38.0 Å². The van der Waals surface area contributed by atoms with E-state index in [2.05, 4.69) is 36.7 Å². The van der Waals surface area contributed by atoms with Crippen molar-refractivity contribution in [3.05, 3.63) is 0 Å². The number of halogens is 2. The molecule has 0 aliphatic heterocycles. The molecule has 0 saturated heterocycles. The van der Waals surface area contributed by atoms with E-state index in [1.807, 2.05) is 16.9 Å². The van der Waals surface area contributed by atoms with Crippen LogP contribution in [0, 0.1) is 0 Å². The lowest BCUT2D eigenvalue weighted by molar-refractivity contribution is -0.893. The van der Waals surface area contributed by atoms with Crippen LogP contribution in [0.1, 0.15) is 33.1 Å². The maximum absolute atomic E-state index is 10.6. The summed E-state index contributed by atoms with van der Waals surface area (Å²) >= 11 is 2.15. The number of nitrogens with two attached hydrogens (primary N) is 2. The Morgan fingerprint density at radius 2 is 1.52 bits per heavy atom. The molecule has 2 fully saturated rings. The third-order valence-corrected chi connectivity index (χ3v) is 3.67. The Kier molecular flexibility index (Phi) is 16.6. The normalized spacial score (nSPS) is 15.7. The molecule has 2 aliphatic rings. The van der Waals surface area contributed by atoms with Crippen LogP contribution in [-0.2, 0) is 9.59 Å². The van der Waals surface area contributed by atoms with Gasteiger partial charge in [-0.1, -0.05) is 30.0 Å². The Morgan fingerprint density at radius 3 is 1.78 bits per heavy atom. The summed E-state index contributed by atoms with van der Waals surface area (Å²) < 4.78 is 0.773. The summed E-state index contributed by atoms with van der Waals surface area (Å²) in [5.74, 6) is -0.429. The van der Waals surface area contributed by atoms with Gasteiger partial charge in [-0.3, -0.25) is 14.5 Å². The molecule has 8 heteroatoms. The number of hydrogen-bond donors (Lipinski definition) is 2. The van der Waals surface area contributed by atoms with E-state index in [0.29, 0.717) is 25.2 Å². The highest BCUT2D eigenvalue weighted by molar-refractivity contribution is 14.1. The van der Waals surface area contributed by atoms with Crippen molar-refractivity contribution in [1.82, 2.24) is 4.90 Å². The Morgan fingerprint density at radius 1 is 1.09 bits per heavy atom. The summed E-state index contributed by atoms with van der Waals surface area (Å²) in [5, 5.41) is 0. The summed E-state index contributed by atoms with van der Waals surface area (Å²) in [7, 11) is 6.05. The Balaban J connectivity index is -0.000000292. The number of quaternary nitrogens is 1. The molecular weight excluding hydrogens is 522 g/mol. The summed E-state index contributed by atoms with van der Waals surface area (Å²) in [4.78, 5) is 24.8. The zero-order chi connectivity index (χ0) is 16.6. The third kappa shape index (κ3) is 14.4. The second-order valence-corrected chi connectivity index (χ2v) is 6.25. The molecule has 0 unspecified atom stereocenters. The first kappa shape index (κ1) is 28.1. The molecule has 6 nitrogen and oxygen atoms in total. The minimum atomic E-state index is -0.232. The van der Waals surface area contributed by atoms with E-state index >= 15 is 0 Å². The van der Waals surface area contributed by atoms with Crippen LogP contribution in [0.4, 0.5) is 0 Å². The maximum Gasteiger partial charge on any atom is 0.272 e. The van der Waals surface area contributed by atoms with Gasteiger partial charge in [0, 0.05) is 18.9 Å². The molecule has 0 heterocycles. The van der Waals surface area contributed by atoms with Crippen molar-refractivity contribution in [3.63, 3.8) is 0 Å². The van der Waals surface area contributed by atoms with Gasteiger partial charge in [-0.2, -0.15) is 0 Å². The number of alkyl halides is 1. The zero-order valence-electron chi connectivity index (χ0n) is 14.0. The molecule has 0 aromatic carbocycles. The Hall–Kier alpha value is 0.320. The molecule has 0 spiro atoms. The topological polar surface area (TPSA) is 89.4 Å². The van der Waals surface area contributed by atoms with Crippen molar-refractivity contribution >= 4 is 34.4 Å². The number of primary amides is 2. The molecule has 0 aromatic rings. The molecular formula is C15H34I2N4O2. The van der Waals surface area contributed by atoms with Gasteiger partial charge in [0.1, 0.15) is 0 Å². The fourth-order valence-electron chi connectivity index (χ4n) is 2.19. The first-order chi connectivity index (χ1) is 9.72. The molecule has 2 rings (SSSR count). The van der Waals surface area contributed by atoms with Crippen molar-refractivity contribution in [3.8, 4) is 0 Å². The first-order valence-electron chi connectivity index (χ1n) is 7.19. The second-order valence-electron chi connectivity index (χ2n) is 6.25. The molecule has 2 amide bonds. The highest BCUT2D eigenvalue weighted by Gasteiger charge is 2.38. The fraction of sp³-hybridized carbons (Fsp3) is 0.867. The minimum absolute atomic E-state index is 0. The van der Waals surface area contributed by atoms with Gasteiger partial charge in [0.2, 0.25) is 5.91 Å². The first-order valence-corrected chi connectivity index (χ1v) is 9.35. The van der Waals surface area contributed by atoms with Crippen LogP contribution < -0.4 is 35.4 Å². The second kappa shape index (κ2) is 13.6. The summed E-state index contributed by atoms with van der Waals surface area (Å²) in [6.45, 7) is 0.884. The smallest absolute Gasteiger partial charge is 0.272 e. The summed E-state index contributed by atoms with van der Waals surface area (Å²) in [6.07, 6.45) is 4.95. The van der Waals surface area contributed by atoms with Gasteiger partial charge in [-0.15, -0.1) is 0 Å². The highest BCUT2D eigenvalue weighted by atomic mass is 127. The van der Waals surface area contributed by atoms with Crippen LogP contribution in [0.3, 0.4) is 0 Å². The van der Waals surface area contributed by atoms with Gasteiger partial charge in [-0.25, -0.2) is 0 Å². The molecule has 0 aromatic heterocycles. The van der Waals surface area contributed by atoms with Gasteiger partial charge >= 0.3 is 0 Å². The van der Waals surface area contributed by atoms with Gasteiger partial charge in [-0.05, 0) is 24.8 Å². The molecule has 0 atom stereocenters. The van der Waals surface area contributed by atoms with Crippen LogP contribution in [0.2, 0.25) is 0 Å². The van der Waals surface area contributed by atoms with Crippen molar-refractivity contribution in [2.24, 2.45) is 11.5 Å². The van der Waals surface area contributed by atoms with E-state index in [4.69, 9.17) is 11.5 Å². The number of nitrogens with zero attached hydrogens (tertiary/aromatic N) is 2. The SMILES string of the molecule is C.CI.CN(CC(N)=O)C1CC1.C[N+](C)(CC(N)=O)C1CC1.[I-]. The predicted octanol–water partition coefficient (Wildman–Crippen LogP) is -2.03. The third-order valence-electron chi connectivity index (χ3n) is 3.67. The van der Waals surface area contributed by atoms with Gasteiger partial charge in [0.05, 0.1) is 26.7 Å². The number of hydrogen-bond acceptors (Lipinski definition) is 3.